The monoisotopic (exact) mass is 287 g/mol. The largest absolute Gasteiger partial charge is 0.378 e. The molecule has 0 aromatic heterocycles. The second kappa shape index (κ2) is 6.30. The Morgan fingerprint density at radius 1 is 0.900 bits per heavy atom. The molecular weight excluding hydrogens is 274 g/mol. The minimum Gasteiger partial charge on any atom is -0.378 e. The lowest BCUT2D eigenvalue weighted by atomic mass is 10.2. The van der Waals surface area contributed by atoms with Gasteiger partial charge in [-0.25, -0.2) is 0 Å². The zero-order valence-electron chi connectivity index (χ0n) is 11.2. The van der Waals surface area contributed by atoms with Crippen molar-refractivity contribution in [1.82, 2.24) is 0 Å². The Bertz CT molecular complexity index is 619. The lowest BCUT2D eigenvalue weighted by Gasteiger charge is -2.11. The summed E-state index contributed by atoms with van der Waals surface area (Å²) in [6, 6.07) is 14.4. The summed E-state index contributed by atoms with van der Waals surface area (Å²) >= 11 is 5.37. The van der Waals surface area contributed by atoms with Crippen molar-refractivity contribution in [2.45, 2.75) is 0 Å². The number of nitrogens with zero attached hydrogens (tertiary/aromatic N) is 3. The van der Waals surface area contributed by atoms with Crippen LogP contribution in [0, 0.1) is 0 Å². The molecule has 0 aliphatic heterocycles. The van der Waals surface area contributed by atoms with E-state index in [9.17, 15) is 4.79 Å². The smallest absolute Gasteiger partial charge is 0.252 e. The van der Waals surface area contributed by atoms with Crippen molar-refractivity contribution in [2.24, 2.45) is 10.2 Å². The van der Waals surface area contributed by atoms with Crippen LogP contribution in [0.5, 0.6) is 0 Å². The molecule has 5 heteroatoms. The van der Waals surface area contributed by atoms with Gasteiger partial charge in [0.15, 0.2) is 0 Å². The molecular formula is C15H14ClN3O. The third-order valence-corrected chi connectivity index (χ3v) is 2.96. The van der Waals surface area contributed by atoms with Crippen LogP contribution in [-0.4, -0.2) is 19.3 Å². The highest BCUT2D eigenvalue weighted by Crippen LogP contribution is 2.21. The first-order valence-electron chi connectivity index (χ1n) is 6.05. The van der Waals surface area contributed by atoms with Crippen molar-refractivity contribution in [1.29, 1.82) is 0 Å². The summed E-state index contributed by atoms with van der Waals surface area (Å²) in [6.07, 6.45) is 0. The number of halogens is 1. The van der Waals surface area contributed by atoms with Crippen LogP contribution in [0.4, 0.5) is 17.1 Å². The Hall–Kier alpha value is -2.20. The molecule has 0 saturated carbocycles. The van der Waals surface area contributed by atoms with Gasteiger partial charge in [-0.1, -0.05) is 0 Å². The molecule has 0 atom stereocenters. The first kappa shape index (κ1) is 14.2. The normalized spacial score (nSPS) is 10.8. The number of hydrogen-bond donors (Lipinski definition) is 0. The minimum atomic E-state index is -0.479. The van der Waals surface area contributed by atoms with E-state index in [-0.39, 0.29) is 0 Å². The lowest BCUT2D eigenvalue weighted by molar-refractivity contribution is 0.108. The van der Waals surface area contributed by atoms with Crippen molar-refractivity contribution in [2.75, 3.05) is 19.0 Å². The molecule has 102 valence electrons. The van der Waals surface area contributed by atoms with E-state index in [1.54, 1.807) is 24.3 Å². The number of azo groups is 1. The van der Waals surface area contributed by atoms with Crippen LogP contribution in [0.2, 0.25) is 0 Å². The average molecular weight is 288 g/mol. The van der Waals surface area contributed by atoms with Crippen molar-refractivity contribution >= 4 is 33.9 Å². The predicted octanol–water partition coefficient (Wildman–Crippen LogP) is 4.55. The number of hydrogen-bond acceptors (Lipinski definition) is 4. The lowest BCUT2D eigenvalue weighted by Crippen LogP contribution is -2.07. The molecule has 0 N–H and O–H groups in total. The second-order valence-electron chi connectivity index (χ2n) is 4.43. The fraction of sp³-hybridized carbons (Fsp3) is 0.133. The number of benzene rings is 2. The Morgan fingerprint density at radius 2 is 1.35 bits per heavy atom. The standard InChI is InChI=1S/C15H14ClN3O/c1-19(2)14-9-7-13(8-10-14)18-17-12-5-3-11(4-6-12)15(16)20/h3-10H,1-2H3/b18-17+. The first-order valence-corrected chi connectivity index (χ1v) is 6.43. The summed E-state index contributed by atoms with van der Waals surface area (Å²) in [6.45, 7) is 0. The minimum absolute atomic E-state index is 0.445. The van der Waals surface area contributed by atoms with Crippen LogP contribution in [0.1, 0.15) is 10.4 Å². The van der Waals surface area contributed by atoms with Gasteiger partial charge >= 0.3 is 0 Å². The molecule has 0 aliphatic rings. The number of rotatable bonds is 4. The Balaban J connectivity index is 2.10. The van der Waals surface area contributed by atoms with Gasteiger partial charge in [-0.15, -0.1) is 0 Å². The van der Waals surface area contributed by atoms with E-state index in [1.807, 2.05) is 43.3 Å². The van der Waals surface area contributed by atoms with Gasteiger partial charge in [-0.3, -0.25) is 4.79 Å². The quantitative estimate of drug-likeness (QED) is 0.612. The summed E-state index contributed by atoms with van der Waals surface area (Å²) in [7, 11) is 3.96. The first-order chi connectivity index (χ1) is 9.56. The van der Waals surface area contributed by atoms with Gasteiger partial charge in [0.25, 0.3) is 5.24 Å². The summed E-state index contributed by atoms with van der Waals surface area (Å²) < 4.78 is 0. The third kappa shape index (κ3) is 3.65. The van der Waals surface area contributed by atoms with Crippen LogP contribution in [0.25, 0.3) is 0 Å². The van der Waals surface area contributed by atoms with E-state index in [2.05, 4.69) is 10.2 Å². The molecule has 0 amide bonds. The van der Waals surface area contributed by atoms with Crippen LogP contribution >= 0.6 is 11.6 Å². The van der Waals surface area contributed by atoms with Crippen molar-refractivity contribution in [3.05, 3.63) is 54.1 Å². The highest BCUT2D eigenvalue weighted by Gasteiger charge is 2.00. The summed E-state index contributed by atoms with van der Waals surface area (Å²) in [4.78, 5) is 12.9. The van der Waals surface area contributed by atoms with Gasteiger partial charge in [0.2, 0.25) is 0 Å². The molecule has 0 aliphatic carbocycles. The van der Waals surface area contributed by atoms with Gasteiger partial charge in [-0.05, 0) is 60.1 Å². The van der Waals surface area contributed by atoms with E-state index in [0.29, 0.717) is 11.3 Å². The molecule has 4 nitrogen and oxygen atoms in total. The van der Waals surface area contributed by atoms with E-state index in [0.717, 1.165) is 11.4 Å². The molecule has 0 unspecified atom stereocenters. The van der Waals surface area contributed by atoms with E-state index >= 15 is 0 Å². The molecule has 20 heavy (non-hydrogen) atoms. The van der Waals surface area contributed by atoms with Gasteiger partial charge in [0.1, 0.15) is 0 Å². The molecule has 2 aromatic carbocycles. The topological polar surface area (TPSA) is 45.0 Å². The van der Waals surface area contributed by atoms with Crippen molar-refractivity contribution in [3.8, 4) is 0 Å². The highest BCUT2D eigenvalue weighted by molar-refractivity contribution is 6.67. The molecule has 0 radical (unpaired) electrons. The Kier molecular flexibility index (Phi) is 4.48. The summed E-state index contributed by atoms with van der Waals surface area (Å²) in [5, 5.41) is 7.77. The Labute approximate surface area is 122 Å². The van der Waals surface area contributed by atoms with Crippen LogP contribution in [-0.2, 0) is 0 Å². The zero-order chi connectivity index (χ0) is 14.5. The molecule has 0 fully saturated rings. The fourth-order valence-electron chi connectivity index (χ4n) is 1.59. The maximum absolute atomic E-state index is 10.9. The van der Waals surface area contributed by atoms with Gasteiger partial charge in [-0.2, -0.15) is 10.2 Å². The van der Waals surface area contributed by atoms with Gasteiger partial charge < -0.3 is 4.90 Å². The maximum Gasteiger partial charge on any atom is 0.252 e. The zero-order valence-corrected chi connectivity index (χ0v) is 12.0. The molecule has 2 aromatic rings. The van der Waals surface area contributed by atoms with Crippen molar-refractivity contribution < 1.29 is 4.79 Å². The summed E-state index contributed by atoms with van der Waals surface area (Å²) in [5.41, 5.74) is 2.99. The number of anilines is 1. The Morgan fingerprint density at radius 3 is 1.75 bits per heavy atom. The van der Waals surface area contributed by atoms with E-state index < -0.39 is 5.24 Å². The van der Waals surface area contributed by atoms with Crippen LogP contribution in [0.15, 0.2) is 58.8 Å². The molecule has 0 heterocycles. The van der Waals surface area contributed by atoms with Gasteiger partial charge in [0.05, 0.1) is 11.4 Å². The fourth-order valence-corrected chi connectivity index (χ4v) is 1.72. The predicted molar refractivity (Wildman–Crippen MR) is 81.6 cm³/mol. The molecule has 0 saturated heterocycles. The van der Waals surface area contributed by atoms with Gasteiger partial charge in [0, 0.05) is 25.3 Å². The highest BCUT2D eigenvalue weighted by atomic mass is 35.5. The van der Waals surface area contributed by atoms with E-state index in [4.69, 9.17) is 11.6 Å². The summed E-state index contributed by atoms with van der Waals surface area (Å²) in [5.74, 6) is 0. The molecule has 0 bridgehead atoms. The van der Waals surface area contributed by atoms with Crippen molar-refractivity contribution in [3.63, 3.8) is 0 Å². The number of carbonyl (C=O) groups is 1. The average Bonchev–Trinajstić information content (AvgIpc) is 2.46. The molecule has 0 spiro atoms. The van der Waals surface area contributed by atoms with Crippen LogP contribution < -0.4 is 4.90 Å². The SMILES string of the molecule is CN(C)c1ccc(/N=N/c2ccc(C(=O)Cl)cc2)cc1. The second-order valence-corrected chi connectivity index (χ2v) is 4.77. The van der Waals surface area contributed by atoms with Crippen LogP contribution in [0.3, 0.4) is 0 Å². The maximum atomic E-state index is 10.9. The third-order valence-electron chi connectivity index (χ3n) is 2.74. The molecule has 2 rings (SSSR count). The number of carbonyl (C=O) groups excluding carboxylic acids is 1. The van der Waals surface area contributed by atoms with E-state index in [1.165, 1.54) is 0 Å².